The summed E-state index contributed by atoms with van der Waals surface area (Å²) >= 11 is 1.26. The number of nitrogens with zero attached hydrogens (tertiary/aromatic N) is 3. The number of anilines is 1. The molecule has 24 heavy (non-hydrogen) atoms. The Morgan fingerprint density at radius 2 is 1.75 bits per heavy atom. The van der Waals surface area contributed by atoms with Crippen LogP contribution in [-0.2, 0) is 10.0 Å². The van der Waals surface area contributed by atoms with Crippen molar-refractivity contribution < 1.29 is 13.3 Å². The number of nitro benzene ring substituents is 1. The van der Waals surface area contributed by atoms with E-state index < -0.39 is 14.9 Å². The standard InChI is InChI=1S/C15H17N3O4S2/c1-12-6-7-15(23-12)24(21,22)17-10-8-16(9-11-17)13-4-2-3-5-14(13)18(19)20/h2-7H,8-11H2,1H3. The Bertz CT molecular complexity index is 855. The Balaban J connectivity index is 1.76. The van der Waals surface area contributed by atoms with E-state index in [9.17, 15) is 18.5 Å². The molecular weight excluding hydrogens is 350 g/mol. The van der Waals surface area contributed by atoms with Crippen LogP contribution < -0.4 is 4.90 Å². The second kappa shape index (κ2) is 6.50. The molecule has 3 rings (SSSR count). The maximum Gasteiger partial charge on any atom is 0.292 e. The predicted molar refractivity (Wildman–Crippen MR) is 93.1 cm³/mol. The lowest BCUT2D eigenvalue weighted by atomic mass is 10.2. The molecule has 1 aromatic carbocycles. The summed E-state index contributed by atoms with van der Waals surface area (Å²) in [7, 11) is -3.48. The van der Waals surface area contributed by atoms with Crippen molar-refractivity contribution in [3.8, 4) is 0 Å². The highest BCUT2D eigenvalue weighted by Crippen LogP contribution is 2.30. The molecule has 0 radical (unpaired) electrons. The van der Waals surface area contributed by atoms with Crippen molar-refractivity contribution in [2.24, 2.45) is 0 Å². The van der Waals surface area contributed by atoms with Crippen molar-refractivity contribution in [3.05, 3.63) is 51.4 Å². The molecule has 7 nitrogen and oxygen atoms in total. The van der Waals surface area contributed by atoms with E-state index >= 15 is 0 Å². The molecule has 1 saturated heterocycles. The maximum absolute atomic E-state index is 12.6. The normalized spacial score (nSPS) is 16.3. The van der Waals surface area contributed by atoms with Crippen LogP contribution in [-0.4, -0.2) is 43.8 Å². The third-order valence-corrected chi connectivity index (χ3v) is 7.33. The first kappa shape index (κ1) is 16.9. The second-order valence-electron chi connectivity index (χ2n) is 5.50. The molecule has 2 aromatic rings. The fourth-order valence-corrected chi connectivity index (χ4v) is 5.59. The zero-order chi connectivity index (χ0) is 17.3. The van der Waals surface area contributed by atoms with E-state index in [2.05, 4.69) is 0 Å². The van der Waals surface area contributed by atoms with Crippen LogP contribution in [0.5, 0.6) is 0 Å². The van der Waals surface area contributed by atoms with Gasteiger partial charge in [0, 0.05) is 37.1 Å². The minimum Gasteiger partial charge on any atom is -0.363 e. The number of hydrogen-bond acceptors (Lipinski definition) is 6. The van der Waals surface area contributed by atoms with Crippen LogP contribution in [0.4, 0.5) is 11.4 Å². The minimum atomic E-state index is -3.48. The highest BCUT2D eigenvalue weighted by atomic mass is 32.2. The summed E-state index contributed by atoms with van der Waals surface area (Å²) in [6.07, 6.45) is 0. The summed E-state index contributed by atoms with van der Waals surface area (Å²) in [5, 5.41) is 11.1. The lowest BCUT2D eigenvalue weighted by Crippen LogP contribution is -2.48. The number of nitro groups is 1. The minimum absolute atomic E-state index is 0.0442. The van der Waals surface area contributed by atoms with Gasteiger partial charge in [0.05, 0.1) is 4.92 Å². The van der Waals surface area contributed by atoms with Gasteiger partial charge in [-0.2, -0.15) is 4.31 Å². The Morgan fingerprint density at radius 1 is 1.08 bits per heavy atom. The van der Waals surface area contributed by atoms with Gasteiger partial charge in [-0.3, -0.25) is 10.1 Å². The van der Waals surface area contributed by atoms with E-state index in [1.807, 2.05) is 11.8 Å². The molecule has 1 fully saturated rings. The van der Waals surface area contributed by atoms with Gasteiger partial charge in [-0.05, 0) is 25.1 Å². The number of sulfonamides is 1. The van der Waals surface area contributed by atoms with E-state index in [0.29, 0.717) is 36.1 Å². The van der Waals surface area contributed by atoms with Crippen molar-refractivity contribution in [1.82, 2.24) is 4.31 Å². The fraction of sp³-hybridized carbons (Fsp3) is 0.333. The third-order valence-electron chi connectivity index (χ3n) is 3.97. The first-order chi connectivity index (χ1) is 11.4. The Hall–Kier alpha value is -1.97. The smallest absolute Gasteiger partial charge is 0.292 e. The molecule has 0 bridgehead atoms. The Labute approximate surface area is 144 Å². The predicted octanol–water partition coefficient (Wildman–Crippen LogP) is 2.48. The summed E-state index contributed by atoms with van der Waals surface area (Å²) in [5.41, 5.74) is 0.578. The number of piperazine rings is 1. The molecule has 0 N–H and O–H groups in total. The molecule has 0 atom stereocenters. The molecule has 0 amide bonds. The summed E-state index contributed by atoms with van der Waals surface area (Å²) < 4.78 is 27.1. The van der Waals surface area contributed by atoms with Crippen LogP contribution in [0.15, 0.2) is 40.6 Å². The van der Waals surface area contributed by atoms with Crippen LogP contribution in [0, 0.1) is 17.0 Å². The van der Waals surface area contributed by atoms with E-state index in [0.717, 1.165) is 4.88 Å². The molecule has 1 aliphatic rings. The number of aryl methyl sites for hydroxylation is 1. The van der Waals surface area contributed by atoms with Gasteiger partial charge in [-0.15, -0.1) is 11.3 Å². The average Bonchev–Trinajstić information content (AvgIpc) is 3.02. The SMILES string of the molecule is Cc1ccc(S(=O)(=O)N2CCN(c3ccccc3[N+](=O)[O-])CC2)s1. The quantitative estimate of drug-likeness (QED) is 0.612. The van der Waals surface area contributed by atoms with Crippen molar-refractivity contribution in [3.63, 3.8) is 0 Å². The number of benzene rings is 1. The fourth-order valence-electron chi connectivity index (χ4n) is 2.73. The van der Waals surface area contributed by atoms with Crippen LogP contribution >= 0.6 is 11.3 Å². The summed E-state index contributed by atoms with van der Waals surface area (Å²) in [4.78, 5) is 13.6. The molecule has 0 aliphatic carbocycles. The van der Waals surface area contributed by atoms with Crippen molar-refractivity contribution in [1.29, 1.82) is 0 Å². The largest absolute Gasteiger partial charge is 0.363 e. The zero-order valence-corrected chi connectivity index (χ0v) is 14.7. The van der Waals surface area contributed by atoms with Gasteiger partial charge in [0.2, 0.25) is 0 Å². The summed E-state index contributed by atoms with van der Waals surface area (Å²) in [6.45, 7) is 3.34. The molecule has 2 heterocycles. The molecule has 1 aliphatic heterocycles. The van der Waals surface area contributed by atoms with Gasteiger partial charge < -0.3 is 4.90 Å². The van der Waals surface area contributed by atoms with Crippen LogP contribution in [0.25, 0.3) is 0 Å². The van der Waals surface area contributed by atoms with Gasteiger partial charge in [-0.1, -0.05) is 12.1 Å². The topological polar surface area (TPSA) is 83.8 Å². The lowest BCUT2D eigenvalue weighted by Gasteiger charge is -2.34. The molecule has 0 spiro atoms. The summed E-state index contributed by atoms with van der Waals surface area (Å²) in [5.74, 6) is 0. The van der Waals surface area contributed by atoms with Crippen molar-refractivity contribution in [2.45, 2.75) is 11.1 Å². The number of thiophene rings is 1. The molecule has 0 unspecified atom stereocenters. The molecular formula is C15H17N3O4S2. The summed E-state index contributed by atoms with van der Waals surface area (Å²) in [6, 6.07) is 9.96. The van der Waals surface area contributed by atoms with Gasteiger partial charge in [0.25, 0.3) is 15.7 Å². The second-order valence-corrected chi connectivity index (χ2v) is 8.95. The van der Waals surface area contributed by atoms with Gasteiger partial charge in [-0.25, -0.2) is 8.42 Å². The average molecular weight is 367 g/mol. The van der Waals surface area contributed by atoms with Crippen LogP contribution in [0.2, 0.25) is 0 Å². The van der Waals surface area contributed by atoms with Crippen LogP contribution in [0.1, 0.15) is 4.88 Å². The number of para-hydroxylation sites is 2. The molecule has 1 aromatic heterocycles. The third kappa shape index (κ3) is 3.14. The van der Waals surface area contributed by atoms with E-state index in [1.54, 1.807) is 30.3 Å². The highest BCUT2D eigenvalue weighted by Gasteiger charge is 2.31. The van der Waals surface area contributed by atoms with Crippen molar-refractivity contribution >= 4 is 32.7 Å². The Morgan fingerprint density at radius 3 is 2.33 bits per heavy atom. The van der Waals surface area contributed by atoms with Gasteiger partial charge >= 0.3 is 0 Å². The van der Waals surface area contributed by atoms with Crippen molar-refractivity contribution in [2.75, 3.05) is 31.1 Å². The molecule has 128 valence electrons. The number of rotatable bonds is 4. The number of hydrogen-bond donors (Lipinski definition) is 0. The Kier molecular flexibility index (Phi) is 4.57. The maximum atomic E-state index is 12.6. The lowest BCUT2D eigenvalue weighted by molar-refractivity contribution is -0.384. The zero-order valence-electron chi connectivity index (χ0n) is 13.1. The van der Waals surface area contributed by atoms with Gasteiger partial charge in [0.1, 0.15) is 9.90 Å². The van der Waals surface area contributed by atoms with E-state index in [-0.39, 0.29) is 5.69 Å². The van der Waals surface area contributed by atoms with Gasteiger partial charge in [0.15, 0.2) is 0 Å². The molecule has 0 saturated carbocycles. The first-order valence-corrected chi connectivity index (χ1v) is 9.70. The van der Waals surface area contributed by atoms with E-state index in [1.165, 1.54) is 21.7 Å². The van der Waals surface area contributed by atoms with Crippen LogP contribution in [0.3, 0.4) is 0 Å². The monoisotopic (exact) mass is 367 g/mol. The van der Waals surface area contributed by atoms with E-state index in [4.69, 9.17) is 0 Å². The highest BCUT2D eigenvalue weighted by molar-refractivity contribution is 7.91. The molecule has 9 heteroatoms. The first-order valence-electron chi connectivity index (χ1n) is 7.44.